The van der Waals surface area contributed by atoms with E-state index in [4.69, 9.17) is 4.74 Å². The average Bonchev–Trinajstić information content (AvgIpc) is 2.53. The molecule has 0 unspecified atom stereocenters. The fourth-order valence-corrected chi connectivity index (χ4v) is 3.25. The number of rotatable bonds is 7. The number of methoxy groups -OCH3 is 1. The van der Waals surface area contributed by atoms with E-state index in [1.807, 2.05) is 6.92 Å². The second-order valence-corrected chi connectivity index (χ2v) is 6.28. The zero-order valence-electron chi connectivity index (χ0n) is 13.9. The van der Waals surface area contributed by atoms with Crippen molar-refractivity contribution < 1.29 is 9.84 Å². The van der Waals surface area contributed by atoms with Crippen LogP contribution in [-0.4, -0.2) is 73.5 Å². The molecule has 2 atom stereocenters. The summed E-state index contributed by atoms with van der Waals surface area (Å²) < 4.78 is 5.14. The predicted molar refractivity (Wildman–Crippen MR) is 87.0 cm³/mol. The zero-order chi connectivity index (χ0) is 15.9. The van der Waals surface area contributed by atoms with E-state index in [1.165, 1.54) is 0 Å². The number of anilines is 1. The minimum atomic E-state index is 0.230. The highest BCUT2D eigenvalue weighted by molar-refractivity contribution is 5.42. The standard InChI is InChI=1S/C16H28N4O2/c1-13-16(18-5-4-17-13)20-10-14(8-15(11-20)12-21)9-19(2)6-7-22-3/h4-5,14-15,21H,6-12H2,1-3H3/t14-,15-/m1/s1. The lowest BCUT2D eigenvalue weighted by molar-refractivity contribution is 0.133. The van der Waals surface area contributed by atoms with E-state index in [0.29, 0.717) is 11.8 Å². The van der Waals surface area contributed by atoms with Gasteiger partial charge in [0.05, 0.1) is 12.3 Å². The van der Waals surface area contributed by atoms with E-state index in [0.717, 1.165) is 50.7 Å². The summed E-state index contributed by atoms with van der Waals surface area (Å²) in [6.45, 7) is 6.73. The molecule has 1 fully saturated rings. The van der Waals surface area contributed by atoms with Gasteiger partial charge in [0, 0.05) is 52.3 Å². The number of piperidine rings is 1. The minimum absolute atomic E-state index is 0.230. The highest BCUT2D eigenvalue weighted by atomic mass is 16.5. The summed E-state index contributed by atoms with van der Waals surface area (Å²) in [5.41, 5.74) is 0.951. The number of aryl methyl sites for hydroxylation is 1. The van der Waals surface area contributed by atoms with E-state index >= 15 is 0 Å². The smallest absolute Gasteiger partial charge is 0.150 e. The van der Waals surface area contributed by atoms with Gasteiger partial charge in [0.2, 0.25) is 0 Å². The summed E-state index contributed by atoms with van der Waals surface area (Å²) in [4.78, 5) is 13.4. The molecule has 2 heterocycles. The van der Waals surface area contributed by atoms with E-state index < -0.39 is 0 Å². The molecule has 1 N–H and O–H groups in total. The lowest BCUT2D eigenvalue weighted by atomic mass is 9.89. The molecule has 1 saturated heterocycles. The van der Waals surface area contributed by atoms with Crippen molar-refractivity contribution in [3.05, 3.63) is 18.1 Å². The van der Waals surface area contributed by atoms with E-state index in [9.17, 15) is 5.11 Å². The van der Waals surface area contributed by atoms with Gasteiger partial charge in [-0.1, -0.05) is 0 Å². The number of aliphatic hydroxyl groups excluding tert-OH is 1. The molecule has 0 aromatic carbocycles. The van der Waals surface area contributed by atoms with Crippen molar-refractivity contribution in [2.45, 2.75) is 13.3 Å². The second-order valence-electron chi connectivity index (χ2n) is 6.28. The van der Waals surface area contributed by atoms with E-state index in [1.54, 1.807) is 19.5 Å². The number of aliphatic hydroxyl groups is 1. The molecule has 0 spiro atoms. The van der Waals surface area contributed by atoms with Gasteiger partial charge in [-0.15, -0.1) is 0 Å². The maximum absolute atomic E-state index is 9.62. The van der Waals surface area contributed by atoms with Crippen LogP contribution in [0.25, 0.3) is 0 Å². The summed E-state index contributed by atoms with van der Waals surface area (Å²) in [6.07, 6.45) is 4.52. The van der Waals surface area contributed by atoms with Crippen LogP contribution in [0.2, 0.25) is 0 Å². The summed E-state index contributed by atoms with van der Waals surface area (Å²) in [7, 11) is 3.86. The Morgan fingerprint density at radius 3 is 2.73 bits per heavy atom. The van der Waals surface area contributed by atoms with Crippen LogP contribution in [0, 0.1) is 18.8 Å². The molecule has 2 rings (SSSR count). The van der Waals surface area contributed by atoms with Gasteiger partial charge in [0.25, 0.3) is 0 Å². The quantitative estimate of drug-likeness (QED) is 0.804. The van der Waals surface area contributed by atoms with Gasteiger partial charge < -0.3 is 19.6 Å². The summed E-state index contributed by atoms with van der Waals surface area (Å²) in [5.74, 6) is 1.77. The van der Waals surface area contributed by atoms with Gasteiger partial charge in [-0.25, -0.2) is 4.98 Å². The van der Waals surface area contributed by atoms with Gasteiger partial charge in [-0.3, -0.25) is 4.98 Å². The van der Waals surface area contributed by atoms with Crippen LogP contribution in [0.1, 0.15) is 12.1 Å². The zero-order valence-corrected chi connectivity index (χ0v) is 13.9. The average molecular weight is 308 g/mol. The molecule has 0 radical (unpaired) electrons. The fraction of sp³-hybridized carbons (Fsp3) is 0.750. The molecule has 1 aromatic rings. The maximum Gasteiger partial charge on any atom is 0.150 e. The molecular weight excluding hydrogens is 280 g/mol. The minimum Gasteiger partial charge on any atom is -0.396 e. The van der Waals surface area contributed by atoms with Crippen molar-refractivity contribution in [2.24, 2.45) is 11.8 Å². The van der Waals surface area contributed by atoms with Gasteiger partial charge in [0.1, 0.15) is 5.82 Å². The van der Waals surface area contributed by atoms with Gasteiger partial charge in [-0.2, -0.15) is 0 Å². The first-order valence-corrected chi connectivity index (χ1v) is 7.95. The molecule has 0 saturated carbocycles. The molecule has 6 nitrogen and oxygen atoms in total. The number of likely N-dealkylation sites (N-methyl/N-ethyl adjacent to an activating group) is 1. The van der Waals surface area contributed by atoms with Gasteiger partial charge in [-0.05, 0) is 32.2 Å². The van der Waals surface area contributed by atoms with Crippen molar-refractivity contribution >= 4 is 5.82 Å². The molecule has 1 aliphatic heterocycles. The maximum atomic E-state index is 9.62. The normalized spacial score (nSPS) is 22.3. The van der Waals surface area contributed by atoms with Crippen LogP contribution >= 0.6 is 0 Å². The third kappa shape index (κ3) is 4.63. The third-order valence-electron chi connectivity index (χ3n) is 4.28. The summed E-state index contributed by atoms with van der Waals surface area (Å²) in [5, 5.41) is 9.62. The Hall–Kier alpha value is -1.24. The molecule has 6 heteroatoms. The number of hydrogen-bond acceptors (Lipinski definition) is 6. The van der Waals surface area contributed by atoms with Gasteiger partial charge >= 0.3 is 0 Å². The van der Waals surface area contributed by atoms with Crippen LogP contribution < -0.4 is 4.90 Å². The molecule has 0 amide bonds. The Morgan fingerprint density at radius 1 is 1.32 bits per heavy atom. The van der Waals surface area contributed by atoms with Crippen molar-refractivity contribution in [2.75, 3.05) is 58.5 Å². The topological polar surface area (TPSA) is 61.7 Å². The number of ether oxygens (including phenoxy) is 1. The highest BCUT2D eigenvalue weighted by Crippen LogP contribution is 2.27. The lowest BCUT2D eigenvalue weighted by Crippen LogP contribution is -2.46. The molecule has 22 heavy (non-hydrogen) atoms. The van der Waals surface area contributed by atoms with Crippen molar-refractivity contribution in [3.8, 4) is 0 Å². The van der Waals surface area contributed by atoms with E-state index in [2.05, 4.69) is 26.8 Å². The van der Waals surface area contributed by atoms with Crippen molar-refractivity contribution in [3.63, 3.8) is 0 Å². The predicted octanol–water partition coefficient (Wildman–Crippen LogP) is 0.798. The molecule has 1 aliphatic rings. The highest BCUT2D eigenvalue weighted by Gasteiger charge is 2.29. The summed E-state index contributed by atoms with van der Waals surface area (Å²) >= 11 is 0. The number of nitrogens with zero attached hydrogens (tertiary/aromatic N) is 4. The first kappa shape index (κ1) is 17.1. The summed E-state index contributed by atoms with van der Waals surface area (Å²) in [6, 6.07) is 0. The van der Waals surface area contributed by atoms with Crippen LogP contribution in [0.15, 0.2) is 12.4 Å². The monoisotopic (exact) mass is 308 g/mol. The van der Waals surface area contributed by atoms with Crippen LogP contribution in [0.4, 0.5) is 5.82 Å². The van der Waals surface area contributed by atoms with Gasteiger partial charge in [0.15, 0.2) is 0 Å². The lowest BCUT2D eigenvalue weighted by Gasteiger charge is -2.39. The van der Waals surface area contributed by atoms with Crippen LogP contribution in [0.3, 0.4) is 0 Å². The number of hydrogen-bond donors (Lipinski definition) is 1. The number of aromatic nitrogens is 2. The third-order valence-corrected chi connectivity index (χ3v) is 4.28. The second kappa shape index (κ2) is 8.41. The van der Waals surface area contributed by atoms with Crippen LogP contribution in [0.5, 0.6) is 0 Å². The first-order chi connectivity index (χ1) is 10.6. The molecule has 0 bridgehead atoms. The van der Waals surface area contributed by atoms with E-state index in [-0.39, 0.29) is 6.61 Å². The SMILES string of the molecule is COCCN(C)C[C@H]1C[C@@H](CO)CN(c2nccnc2C)C1. The Labute approximate surface area is 133 Å². The molecule has 1 aromatic heterocycles. The van der Waals surface area contributed by atoms with Crippen molar-refractivity contribution in [1.29, 1.82) is 0 Å². The first-order valence-electron chi connectivity index (χ1n) is 7.95. The Balaban J connectivity index is 2.02. The van der Waals surface area contributed by atoms with Crippen molar-refractivity contribution in [1.82, 2.24) is 14.9 Å². The fourth-order valence-electron chi connectivity index (χ4n) is 3.25. The Bertz CT molecular complexity index is 458. The Morgan fingerprint density at radius 2 is 2.05 bits per heavy atom. The largest absolute Gasteiger partial charge is 0.396 e. The molecular formula is C16H28N4O2. The molecule has 124 valence electrons. The molecule has 0 aliphatic carbocycles. The Kier molecular flexibility index (Phi) is 6.54. The van der Waals surface area contributed by atoms with Crippen LogP contribution in [-0.2, 0) is 4.74 Å².